The molecule has 2 aromatic carbocycles. The van der Waals surface area contributed by atoms with Gasteiger partial charge >= 0.3 is 0 Å². The number of aliphatic hydroxyl groups is 1. The van der Waals surface area contributed by atoms with Crippen molar-refractivity contribution in [2.24, 2.45) is 0 Å². The van der Waals surface area contributed by atoms with Crippen molar-refractivity contribution in [2.45, 2.75) is 26.5 Å². The Morgan fingerprint density at radius 2 is 1.54 bits per heavy atom. The SMILES string of the molecule is CCOc1ccc(C[NH+](C)C[C@@H](O)COc2ccc(C)cc2)cc1. The number of hydrogen-bond acceptors (Lipinski definition) is 3. The number of benzene rings is 2. The average Bonchev–Trinajstić information content (AvgIpc) is 2.56. The number of aliphatic hydroxyl groups excluding tert-OH is 1. The van der Waals surface area contributed by atoms with E-state index >= 15 is 0 Å². The second-order valence-electron chi connectivity index (χ2n) is 6.19. The number of rotatable bonds is 9. The molecule has 24 heavy (non-hydrogen) atoms. The second kappa shape index (κ2) is 9.30. The van der Waals surface area contributed by atoms with Gasteiger partial charge in [0.1, 0.15) is 37.3 Å². The fourth-order valence-electron chi connectivity index (χ4n) is 2.58. The van der Waals surface area contributed by atoms with Crippen LogP contribution in [0.25, 0.3) is 0 Å². The lowest BCUT2D eigenvalue weighted by atomic mass is 10.2. The van der Waals surface area contributed by atoms with Crippen LogP contribution in [0.2, 0.25) is 0 Å². The predicted octanol–water partition coefficient (Wildman–Crippen LogP) is 1.85. The normalized spacial score (nSPS) is 13.3. The molecule has 0 aromatic heterocycles. The lowest BCUT2D eigenvalue weighted by Crippen LogP contribution is -3.09. The van der Waals surface area contributed by atoms with Gasteiger partial charge in [0.15, 0.2) is 0 Å². The molecule has 0 fully saturated rings. The lowest BCUT2D eigenvalue weighted by molar-refractivity contribution is -0.897. The van der Waals surface area contributed by atoms with Crippen molar-refractivity contribution in [3.05, 3.63) is 59.7 Å². The van der Waals surface area contributed by atoms with Crippen LogP contribution in [0.15, 0.2) is 48.5 Å². The van der Waals surface area contributed by atoms with Crippen molar-refractivity contribution >= 4 is 0 Å². The highest BCUT2D eigenvalue weighted by atomic mass is 16.5. The number of aryl methyl sites for hydroxylation is 1. The third-order valence-corrected chi connectivity index (χ3v) is 3.79. The highest BCUT2D eigenvalue weighted by Gasteiger charge is 2.13. The minimum Gasteiger partial charge on any atom is -0.494 e. The Morgan fingerprint density at radius 1 is 0.958 bits per heavy atom. The highest BCUT2D eigenvalue weighted by Crippen LogP contribution is 2.12. The number of likely N-dealkylation sites (N-methyl/N-ethyl adjacent to an activating group) is 1. The molecule has 2 N–H and O–H groups in total. The summed E-state index contributed by atoms with van der Waals surface area (Å²) in [5.41, 5.74) is 2.42. The van der Waals surface area contributed by atoms with E-state index in [1.54, 1.807) is 0 Å². The van der Waals surface area contributed by atoms with E-state index in [1.165, 1.54) is 16.0 Å². The Kier molecular flexibility index (Phi) is 7.09. The quantitative estimate of drug-likeness (QED) is 0.737. The Balaban J connectivity index is 1.74. The van der Waals surface area contributed by atoms with Gasteiger partial charge in [0.25, 0.3) is 0 Å². The van der Waals surface area contributed by atoms with Crippen molar-refractivity contribution in [1.29, 1.82) is 0 Å². The summed E-state index contributed by atoms with van der Waals surface area (Å²) in [4.78, 5) is 1.24. The van der Waals surface area contributed by atoms with E-state index in [2.05, 4.69) is 19.2 Å². The van der Waals surface area contributed by atoms with Gasteiger partial charge in [-0.15, -0.1) is 0 Å². The van der Waals surface area contributed by atoms with Crippen molar-refractivity contribution in [3.63, 3.8) is 0 Å². The summed E-state index contributed by atoms with van der Waals surface area (Å²) in [6.45, 7) is 6.50. The summed E-state index contributed by atoms with van der Waals surface area (Å²) in [7, 11) is 2.07. The maximum Gasteiger partial charge on any atom is 0.137 e. The first-order valence-electron chi connectivity index (χ1n) is 8.47. The van der Waals surface area contributed by atoms with Crippen LogP contribution in [0.3, 0.4) is 0 Å². The second-order valence-corrected chi connectivity index (χ2v) is 6.19. The molecular formula is C20H28NO3+. The summed E-state index contributed by atoms with van der Waals surface area (Å²) >= 11 is 0. The molecule has 2 atom stereocenters. The summed E-state index contributed by atoms with van der Waals surface area (Å²) in [6, 6.07) is 16.0. The standard InChI is InChI=1S/C20H27NO3/c1-4-23-19-11-7-17(8-12-19)13-21(3)14-18(22)15-24-20-9-5-16(2)6-10-20/h5-12,18,22H,4,13-15H2,1-3H3/p+1/t18-/m1/s1. The van der Waals surface area contributed by atoms with Crippen molar-refractivity contribution in [3.8, 4) is 11.5 Å². The highest BCUT2D eigenvalue weighted by molar-refractivity contribution is 5.27. The van der Waals surface area contributed by atoms with E-state index in [0.29, 0.717) is 19.8 Å². The van der Waals surface area contributed by atoms with Crippen LogP contribution < -0.4 is 14.4 Å². The molecule has 0 bridgehead atoms. The first-order chi connectivity index (χ1) is 11.6. The molecule has 0 radical (unpaired) electrons. The smallest absolute Gasteiger partial charge is 0.137 e. The van der Waals surface area contributed by atoms with E-state index in [4.69, 9.17) is 9.47 Å². The molecule has 0 heterocycles. The maximum atomic E-state index is 10.2. The number of quaternary nitrogens is 1. The van der Waals surface area contributed by atoms with Gasteiger partial charge in [-0.25, -0.2) is 0 Å². The van der Waals surface area contributed by atoms with Gasteiger partial charge < -0.3 is 19.5 Å². The molecule has 130 valence electrons. The van der Waals surface area contributed by atoms with Crippen LogP contribution in [0.4, 0.5) is 0 Å². The Hall–Kier alpha value is -2.04. The molecule has 0 amide bonds. The molecule has 0 aliphatic heterocycles. The number of nitrogens with one attached hydrogen (secondary N) is 1. The zero-order valence-electron chi connectivity index (χ0n) is 14.8. The third-order valence-electron chi connectivity index (χ3n) is 3.79. The minimum atomic E-state index is -0.492. The van der Waals surface area contributed by atoms with Gasteiger partial charge in [-0.1, -0.05) is 17.7 Å². The molecule has 2 aromatic rings. The van der Waals surface area contributed by atoms with Crippen molar-refractivity contribution in [2.75, 3.05) is 26.8 Å². The van der Waals surface area contributed by atoms with Crippen LogP contribution in [0.1, 0.15) is 18.1 Å². The monoisotopic (exact) mass is 330 g/mol. The van der Waals surface area contributed by atoms with Crippen LogP contribution in [0.5, 0.6) is 11.5 Å². The molecule has 0 aliphatic carbocycles. The van der Waals surface area contributed by atoms with Gasteiger partial charge in [-0.3, -0.25) is 0 Å². The lowest BCUT2D eigenvalue weighted by Gasteiger charge is -2.18. The molecule has 1 unspecified atom stereocenters. The maximum absolute atomic E-state index is 10.2. The van der Waals surface area contributed by atoms with E-state index in [0.717, 1.165) is 18.0 Å². The fraction of sp³-hybridized carbons (Fsp3) is 0.400. The summed E-state index contributed by atoms with van der Waals surface area (Å²) in [5.74, 6) is 1.69. The number of hydrogen-bond donors (Lipinski definition) is 2. The van der Waals surface area contributed by atoms with Gasteiger partial charge in [-0.05, 0) is 50.2 Å². The molecule has 0 aliphatic rings. The van der Waals surface area contributed by atoms with Crippen LogP contribution >= 0.6 is 0 Å². The molecule has 4 nitrogen and oxygen atoms in total. The minimum absolute atomic E-state index is 0.309. The molecule has 0 spiro atoms. The third kappa shape index (κ3) is 6.22. The molecular weight excluding hydrogens is 302 g/mol. The van der Waals surface area contributed by atoms with E-state index in [-0.39, 0.29) is 0 Å². The summed E-state index contributed by atoms with van der Waals surface area (Å²) in [5, 5.41) is 10.2. The van der Waals surface area contributed by atoms with Gasteiger partial charge in [0, 0.05) is 5.56 Å². The largest absolute Gasteiger partial charge is 0.494 e. The van der Waals surface area contributed by atoms with Crippen LogP contribution in [-0.2, 0) is 6.54 Å². The van der Waals surface area contributed by atoms with Gasteiger partial charge in [0.05, 0.1) is 13.7 Å². The van der Waals surface area contributed by atoms with Gasteiger partial charge in [0.2, 0.25) is 0 Å². The fourth-order valence-corrected chi connectivity index (χ4v) is 2.58. The Labute approximate surface area is 144 Å². The van der Waals surface area contributed by atoms with Crippen LogP contribution in [0, 0.1) is 6.92 Å². The first-order valence-corrected chi connectivity index (χ1v) is 8.47. The van der Waals surface area contributed by atoms with E-state index in [1.807, 2.05) is 50.2 Å². The first kappa shape index (κ1) is 18.3. The summed E-state index contributed by atoms with van der Waals surface area (Å²) < 4.78 is 11.1. The zero-order valence-corrected chi connectivity index (χ0v) is 14.8. The average molecular weight is 330 g/mol. The topological polar surface area (TPSA) is 43.1 Å². The molecule has 0 saturated carbocycles. The van der Waals surface area contributed by atoms with E-state index < -0.39 is 6.10 Å². The van der Waals surface area contributed by atoms with Gasteiger partial charge in [-0.2, -0.15) is 0 Å². The summed E-state index contributed by atoms with van der Waals surface area (Å²) in [6.07, 6.45) is -0.492. The number of ether oxygens (including phenoxy) is 2. The molecule has 4 heteroatoms. The molecule has 0 saturated heterocycles. The van der Waals surface area contributed by atoms with Crippen molar-refractivity contribution < 1.29 is 19.5 Å². The Bertz CT molecular complexity index is 595. The molecule has 2 rings (SSSR count). The predicted molar refractivity (Wildman–Crippen MR) is 95.7 cm³/mol. The van der Waals surface area contributed by atoms with Crippen LogP contribution in [-0.4, -0.2) is 38.0 Å². The Morgan fingerprint density at radius 3 is 2.17 bits per heavy atom. The van der Waals surface area contributed by atoms with Crippen molar-refractivity contribution in [1.82, 2.24) is 0 Å². The van der Waals surface area contributed by atoms with E-state index in [9.17, 15) is 5.11 Å². The zero-order chi connectivity index (χ0) is 17.4.